The van der Waals surface area contributed by atoms with E-state index < -0.39 is 18.2 Å². The molecule has 0 saturated heterocycles. The summed E-state index contributed by atoms with van der Waals surface area (Å²) in [6.45, 7) is 6.51. The first-order chi connectivity index (χ1) is 30.5. The normalized spacial score (nSPS) is 13.2. The molecule has 0 aromatic carbocycles. The van der Waals surface area contributed by atoms with Gasteiger partial charge in [-0.25, -0.2) is 0 Å². The summed E-state index contributed by atoms with van der Waals surface area (Å²) in [6, 6.07) is -0.694. The summed E-state index contributed by atoms with van der Waals surface area (Å²) in [6.07, 6.45) is 57.0. The quantitative estimate of drug-likeness (QED) is 0.0321. The van der Waals surface area contributed by atoms with Crippen molar-refractivity contribution in [1.29, 1.82) is 0 Å². The third-order valence-electron chi connectivity index (χ3n) is 13.1. The molecule has 0 aliphatic carbocycles. The summed E-state index contributed by atoms with van der Waals surface area (Å²) in [7, 11) is 0. The summed E-state index contributed by atoms with van der Waals surface area (Å²) in [5.41, 5.74) is 0. The Labute approximate surface area is 387 Å². The number of esters is 1. The zero-order valence-corrected chi connectivity index (χ0v) is 42.0. The molecule has 0 bridgehead atoms. The van der Waals surface area contributed by atoms with E-state index in [1.54, 1.807) is 0 Å². The summed E-state index contributed by atoms with van der Waals surface area (Å²) < 4.78 is 5.96. The van der Waals surface area contributed by atoms with Crippen LogP contribution in [-0.4, -0.2) is 46.9 Å². The molecule has 3 atom stereocenters. The van der Waals surface area contributed by atoms with E-state index in [-0.39, 0.29) is 24.9 Å². The van der Waals surface area contributed by atoms with Crippen molar-refractivity contribution < 1.29 is 24.5 Å². The van der Waals surface area contributed by atoms with Gasteiger partial charge in [-0.05, 0) is 51.4 Å². The molecule has 0 saturated carbocycles. The van der Waals surface area contributed by atoms with Gasteiger partial charge in [0.1, 0.15) is 6.10 Å². The predicted molar refractivity (Wildman–Crippen MR) is 269 cm³/mol. The Hall–Kier alpha value is -1.40. The maximum Gasteiger partial charge on any atom is 0.306 e. The number of carbonyl (C=O) groups excluding carboxylic acids is 2. The molecule has 6 nitrogen and oxygen atoms in total. The number of hydrogen-bond donors (Lipinski definition) is 3. The van der Waals surface area contributed by atoms with Crippen LogP contribution in [0.1, 0.15) is 310 Å². The highest BCUT2D eigenvalue weighted by molar-refractivity contribution is 5.77. The number of aliphatic hydroxyl groups excluding tert-OH is 2. The minimum Gasteiger partial charge on any atom is -0.462 e. The van der Waals surface area contributed by atoms with Crippen molar-refractivity contribution in [2.45, 2.75) is 328 Å². The van der Waals surface area contributed by atoms with Crippen molar-refractivity contribution >= 4 is 11.9 Å². The Kier molecular flexibility index (Phi) is 49.5. The van der Waals surface area contributed by atoms with Gasteiger partial charge < -0.3 is 20.3 Å². The van der Waals surface area contributed by atoms with Crippen LogP contribution in [0, 0.1) is 0 Å². The van der Waals surface area contributed by atoms with Gasteiger partial charge in [0.2, 0.25) is 5.91 Å². The number of ether oxygens (including phenoxy) is 1. The van der Waals surface area contributed by atoms with Crippen molar-refractivity contribution in [3.05, 3.63) is 12.2 Å². The first kappa shape index (κ1) is 60.6. The first-order valence-electron chi connectivity index (χ1n) is 27.9. The van der Waals surface area contributed by atoms with E-state index in [4.69, 9.17) is 4.74 Å². The van der Waals surface area contributed by atoms with Gasteiger partial charge in [-0.2, -0.15) is 0 Å². The number of allylic oxidation sites excluding steroid dienone is 2. The van der Waals surface area contributed by atoms with Gasteiger partial charge in [-0.1, -0.05) is 258 Å². The molecule has 6 heteroatoms. The lowest BCUT2D eigenvalue weighted by molar-refractivity contribution is -0.151. The molecule has 62 heavy (non-hydrogen) atoms. The Balaban J connectivity index is 4.46. The van der Waals surface area contributed by atoms with Crippen LogP contribution in [0.4, 0.5) is 0 Å². The lowest BCUT2D eigenvalue weighted by Gasteiger charge is -2.24. The van der Waals surface area contributed by atoms with Gasteiger partial charge in [-0.15, -0.1) is 0 Å². The molecule has 368 valence electrons. The van der Waals surface area contributed by atoms with Gasteiger partial charge in [0.25, 0.3) is 0 Å². The van der Waals surface area contributed by atoms with Gasteiger partial charge in [-0.3, -0.25) is 9.59 Å². The van der Waals surface area contributed by atoms with Crippen LogP contribution in [-0.2, 0) is 14.3 Å². The summed E-state index contributed by atoms with van der Waals surface area (Å²) >= 11 is 0. The van der Waals surface area contributed by atoms with Gasteiger partial charge in [0, 0.05) is 6.42 Å². The number of carbonyl (C=O) groups is 2. The largest absolute Gasteiger partial charge is 0.462 e. The Morgan fingerprint density at radius 1 is 0.452 bits per heavy atom. The van der Waals surface area contributed by atoms with Crippen molar-refractivity contribution in [3.63, 3.8) is 0 Å². The molecule has 3 N–H and O–H groups in total. The second-order valence-corrected chi connectivity index (χ2v) is 19.3. The molecule has 0 aromatic rings. The Morgan fingerprint density at radius 3 is 1.15 bits per heavy atom. The molecule has 3 unspecified atom stereocenters. The van der Waals surface area contributed by atoms with E-state index in [1.165, 1.54) is 218 Å². The van der Waals surface area contributed by atoms with E-state index in [0.717, 1.165) is 44.9 Å². The van der Waals surface area contributed by atoms with Crippen LogP contribution < -0.4 is 5.32 Å². The van der Waals surface area contributed by atoms with Crippen LogP contribution in [0.15, 0.2) is 12.2 Å². The summed E-state index contributed by atoms with van der Waals surface area (Å²) in [4.78, 5) is 26.2. The van der Waals surface area contributed by atoms with Gasteiger partial charge in [0.05, 0.1) is 25.2 Å². The highest BCUT2D eigenvalue weighted by atomic mass is 16.5. The fraction of sp³-hybridized carbons (Fsp3) is 0.929. The lowest BCUT2D eigenvalue weighted by Crippen LogP contribution is -2.46. The van der Waals surface area contributed by atoms with E-state index in [1.807, 2.05) is 0 Å². The maximum atomic E-state index is 13.2. The first-order valence-corrected chi connectivity index (χ1v) is 27.9. The minimum atomic E-state index is -0.781. The molecule has 0 aliphatic heterocycles. The molecular formula is C56H109NO5. The summed E-state index contributed by atoms with van der Waals surface area (Å²) in [5.74, 6) is -0.455. The zero-order valence-electron chi connectivity index (χ0n) is 42.0. The number of nitrogens with one attached hydrogen (secondary N) is 1. The average Bonchev–Trinajstić information content (AvgIpc) is 3.26. The molecular weight excluding hydrogens is 767 g/mol. The van der Waals surface area contributed by atoms with Crippen LogP contribution >= 0.6 is 0 Å². The van der Waals surface area contributed by atoms with Crippen LogP contribution in [0.2, 0.25) is 0 Å². The third-order valence-corrected chi connectivity index (χ3v) is 13.1. The standard InChI is InChI=1S/C56H109NO5/c1-4-7-10-13-16-19-22-24-25-26-27-28-29-31-34-37-40-43-46-49-56(61)62-52(47-44-41-38-35-33-30-23-20-17-14-11-8-5-2)50-55(60)57-53(51-58)54(59)48-45-42-39-36-32-21-18-15-12-9-6-3/h24-25,52-54,58-59H,4-23,26-51H2,1-3H3,(H,57,60)/b25-24+. The predicted octanol–water partition coefficient (Wildman–Crippen LogP) is 16.9. The topological polar surface area (TPSA) is 95.9 Å². The van der Waals surface area contributed by atoms with E-state index >= 15 is 0 Å². The van der Waals surface area contributed by atoms with Crippen LogP contribution in [0.3, 0.4) is 0 Å². The molecule has 1 amide bonds. The average molecular weight is 876 g/mol. The number of hydrogen-bond acceptors (Lipinski definition) is 5. The second-order valence-electron chi connectivity index (χ2n) is 19.3. The zero-order chi connectivity index (χ0) is 45.2. The molecule has 0 aromatic heterocycles. The minimum absolute atomic E-state index is 0.0845. The molecule has 0 radical (unpaired) electrons. The highest BCUT2D eigenvalue weighted by Crippen LogP contribution is 2.19. The number of amides is 1. The van der Waals surface area contributed by atoms with Gasteiger partial charge in [0.15, 0.2) is 0 Å². The molecule has 0 heterocycles. The van der Waals surface area contributed by atoms with Crippen molar-refractivity contribution in [1.82, 2.24) is 5.32 Å². The van der Waals surface area contributed by atoms with E-state index in [0.29, 0.717) is 19.3 Å². The fourth-order valence-electron chi connectivity index (χ4n) is 8.84. The second kappa shape index (κ2) is 50.6. The number of aliphatic hydroxyl groups is 2. The monoisotopic (exact) mass is 876 g/mol. The fourth-order valence-corrected chi connectivity index (χ4v) is 8.84. The van der Waals surface area contributed by atoms with Crippen LogP contribution in [0.25, 0.3) is 0 Å². The molecule has 0 aliphatic rings. The number of rotatable bonds is 51. The van der Waals surface area contributed by atoms with Crippen molar-refractivity contribution in [2.75, 3.05) is 6.61 Å². The van der Waals surface area contributed by atoms with E-state index in [2.05, 4.69) is 38.2 Å². The SMILES string of the molecule is CCCCCCCC/C=C/CCCCCCCCCCCC(=O)OC(CCCCCCCCCCCCCCC)CC(=O)NC(CO)C(O)CCCCCCCCCCCCC. The summed E-state index contributed by atoms with van der Waals surface area (Å²) in [5, 5.41) is 23.8. The van der Waals surface area contributed by atoms with Crippen LogP contribution in [0.5, 0.6) is 0 Å². The lowest BCUT2D eigenvalue weighted by atomic mass is 10.0. The smallest absolute Gasteiger partial charge is 0.306 e. The molecule has 0 spiro atoms. The highest BCUT2D eigenvalue weighted by Gasteiger charge is 2.24. The van der Waals surface area contributed by atoms with Crippen molar-refractivity contribution in [2.24, 2.45) is 0 Å². The number of unbranched alkanes of at least 4 members (excludes halogenated alkanes) is 37. The molecule has 0 rings (SSSR count). The van der Waals surface area contributed by atoms with E-state index in [9.17, 15) is 19.8 Å². The Bertz CT molecular complexity index is 939. The maximum absolute atomic E-state index is 13.2. The van der Waals surface area contributed by atoms with Crippen molar-refractivity contribution in [3.8, 4) is 0 Å². The Morgan fingerprint density at radius 2 is 0.774 bits per heavy atom. The third kappa shape index (κ3) is 45.2. The van der Waals surface area contributed by atoms with Gasteiger partial charge >= 0.3 is 5.97 Å². The molecule has 0 fully saturated rings.